The monoisotopic (exact) mass is 335 g/mol. The first-order chi connectivity index (χ1) is 11.2. The Labute approximate surface area is 139 Å². The number of carbonyl (C=O) groups is 1. The smallest absolute Gasteiger partial charge is 0.239 e. The molecule has 2 N–H and O–H groups in total. The summed E-state index contributed by atoms with van der Waals surface area (Å²) in [6.07, 6.45) is 5.53. The van der Waals surface area contributed by atoms with Crippen molar-refractivity contribution in [3.63, 3.8) is 0 Å². The highest BCUT2D eigenvalue weighted by molar-refractivity contribution is 8.00. The molecule has 8 heteroatoms. The zero-order valence-corrected chi connectivity index (χ0v) is 14.2. The van der Waals surface area contributed by atoms with Gasteiger partial charge in [0.25, 0.3) is 0 Å². The van der Waals surface area contributed by atoms with Crippen molar-refractivity contribution in [2.45, 2.75) is 62.3 Å². The molecule has 2 aromatic rings. The maximum absolute atomic E-state index is 12.3. The van der Waals surface area contributed by atoms with Crippen LogP contribution in [0.15, 0.2) is 15.7 Å². The van der Waals surface area contributed by atoms with Gasteiger partial charge in [0, 0.05) is 12.0 Å². The SMILES string of the molecule is CCC(Sc1n[nH]c(C2CCCC2)n1)C(=O)Nc1cc(C)on1. The normalized spacial score (nSPS) is 16.6. The molecule has 1 atom stereocenters. The van der Waals surface area contributed by atoms with Gasteiger partial charge in [-0.3, -0.25) is 9.89 Å². The third-order valence-corrected chi connectivity index (χ3v) is 5.24. The molecule has 0 spiro atoms. The number of aryl methyl sites for hydroxylation is 1. The van der Waals surface area contributed by atoms with Crippen molar-refractivity contribution in [2.24, 2.45) is 0 Å². The first-order valence-corrected chi connectivity index (χ1v) is 8.86. The Morgan fingerprint density at radius 1 is 1.52 bits per heavy atom. The van der Waals surface area contributed by atoms with Crippen LogP contribution in [0.25, 0.3) is 0 Å². The highest BCUT2D eigenvalue weighted by atomic mass is 32.2. The fourth-order valence-corrected chi connectivity index (χ4v) is 3.61. The fourth-order valence-electron chi connectivity index (χ4n) is 2.77. The first-order valence-electron chi connectivity index (χ1n) is 7.99. The van der Waals surface area contributed by atoms with E-state index in [0.717, 1.165) is 5.82 Å². The Bertz CT molecular complexity index is 662. The summed E-state index contributed by atoms with van der Waals surface area (Å²) in [4.78, 5) is 16.9. The first kappa shape index (κ1) is 16.0. The van der Waals surface area contributed by atoms with Crippen LogP contribution in [0.2, 0.25) is 0 Å². The van der Waals surface area contributed by atoms with Gasteiger partial charge in [-0.15, -0.1) is 5.10 Å². The second-order valence-corrected chi connectivity index (χ2v) is 6.98. The van der Waals surface area contributed by atoms with E-state index in [4.69, 9.17) is 4.52 Å². The molecule has 2 heterocycles. The number of carbonyl (C=O) groups excluding carboxylic acids is 1. The van der Waals surface area contributed by atoms with Crippen LogP contribution in [0.4, 0.5) is 5.82 Å². The lowest BCUT2D eigenvalue weighted by atomic mass is 10.1. The molecule has 0 bridgehead atoms. The zero-order chi connectivity index (χ0) is 16.2. The quantitative estimate of drug-likeness (QED) is 0.786. The van der Waals surface area contributed by atoms with Crippen LogP contribution in [-0.4, -0.2) is 31.5 Å². The van der Waals surface area contributed by atoms with E-state index >= 15 is 0 Å². The highest BCUT2D eigenvalue weighted by Gasteiger charge is 2.24. The standard InChI is InChI=1S/C15H21N5O2S/c1-3-11(14(21)16-12-8-9(2)22-20-12)23-15-17-13(18-19-15)10-6-4-5-7-10/h8,10-11H,3-7H2,1-2H3,(H,16,20,21)(H,17,18,19). The van der Waals surface area contributed by atoms with Gasteiger partial charge in [-0.1, -0.05) is 36.7 Å². The highest BCUT2D eigenvalue weighted by Crippen LogP contribution is 2.33. The molecule has 3 rings (SSSR count). The number of rotatable bonds is 6. The van der Waals surface area contributed by atoms with Crippen LogP contribution in [0, 0.1) is 6.92 Å². The molecule has 0 aliphatic heterocycles. The average Bonchev–Trinajstić information content (AvgIpc) is 3.26. The van der Waals surface area contributed by atoms with Gasteiger partial charge in [0.2, 0.25) is 11.1 Å². The number of aromatic amines is 1. The van der Waals surface area contributed by atoms with Crippen molar-refractivity contribution in [1.29, 1.82) is 0 Å². The second kappa shape index (κ2) is 7.16. The number of nitrogens with one attached hydrogen (secondary N) is 2. The molecule has 0 saturated heterocycles. The molecule has 1 amide bonds. The largest absolute Gasteiger partial charge is 0.360 e. The van der Waals surface area contributed by atoms with Crippen molar-refractivity contribution < 1.29 is 9.32 Å². The molecule has 23 heavy (non-hydrogen) atoms. The Morgan fingerprint density at radius 3 is 2.96 bits per heavy atom. The van der Waals surface area contributed by atoms with Gasteiger partial charge in [-0.05, 0) is 26.2 Å². The predicted octanol–water partition coefficient (Wildman–Crippen LogP) is 3.27. The number of amides is 1. The molecule has 1 aliphatic rings. The number of hydrogen-bond donors (Lipinski definition) is 2. The number of thioether (sulfide) groups is 1. The lowest BCUT2D eigenvalue weighted by Gasteiger charge is -2.10. The van der Waals surface area contributed by atoms with E-state index in [1.165, 1.54) is 37.4 Å². The van der Waals surface area contributed by atoms with Crippen molar-refractivity contribution >= 4 is 23.5 Å². The van der Waals surface area contributed by atoms with Crippen LogP contribution < -0.4 is 5.32 Å². The lowest BCUT2D eigenvalue weighted by Crippen LogP contribution is -2.24. The van der Waals surface area contributed by atoms with Crippen LogP contribution >= 0.6 is 11.8 Å². The van der Waals surface area contributed by atoms with E-state index < -0.39 is 0 Å². The van der Waals surface area contributed by atoms with E-state index in [1.54, 1.807) is 13.0 Å². The molecule has 124 valence electrons. The minimum absolute atomic E-state index is 0.113. The van der Waals surface area contributed by atoms with Crippen molar-refractivity contribution in [3.8, 4) is 0 Å². The third-order valence-electron chi connectivity index (χ3n) is 4.01. The topological polar surface area (TPSA) is 96.7 Å². The van der Waals surface area contributed by atoms with Gasteiger partial charge < -0.3 is 9.84 Å². The van der Waals surface area contributed by atoms with Crippen molar-refractivity contribution in [3.05, 3.63) is 17.7 Å². The van der Waals surface area contributed by atoms with E-state index in [1.807, 2.05) is 6.92 Å². The molecule has 2 aromatic heterocycles. The number of H-pyrrole nitrogens is 1. The number of anilines is 1. The summed E-state index contributed by atoms with van der Waals surface area (Å²) in [6.45, 7) is 3.75. The lowest BCUT2D eigenvalue weighted by molar-refractivity contribution is -0.115. The maximum Gasteiger partial charge on any atom is 0.239 e. The summed E-state index contributed by atoms with van der Waals surface area (Å²) in [5.74, 6) is 2.43. The van der Waals surface area contributed by atoms with Gasteiger partial charge >= 0.3 is 0 Å². The van der Waals surface area contributed by atoms with Gasteiger partial charge in [-0.25, -0.2) is 4.98 Å². The van der Waals surface area contributed by atoms with E-state index in [2.05, 4.69) is 25.7 Å². The molecule has 0 radical (unpaired) electrons. The molecular weight excluding hydrogens is 314 g/mol. The van der Waals surface area contributed by atoms with Gasteiger partial charge in [0.15, 0.2) is 5.82 Å². The van der Waals surface area contributed by atoms with Crippen LogP contribution in [0.3, 0.4) is 0 Å². The van der Waals surface area contributed by atoms with Gasteiger partial charge in [0.05, 0.1) is 5.25 Å². The van der Waals surface area contributed by atoms with E-state index in [-0.39, 0.29) is 11.2 Å². The molecule has 1 aliphatic carbocycles. The third kappa shape index (κ3) is 3.93. The van der Waals surface area contributed by atoms with Gasteiger partial charge in [0.1, 0.15) is 11.6 Å². The molecule has 7 nitrogen and oxygen atoms in total. The Hall–Kier alpha value is -1.83. The van der Waals surface area contributed by atoms with E-state index in [0.29, 0.717) is 29.1 Å². The zero-order valence-electron chi connectivity index (χ0n) is 13.3. The maximum atomic E-state index is 12.3. The van der Waals surface area contributed by atoms with Crippen molar-refractivity contribution in [1.82, 2.24) is 20.3 Å². The number of nitrogens with zero attached hydrogens (tertiary/aromatic N) is 3. The number of aromatic nitrogens is 4. The predicted molar refractivity (Wildman–Crippen MR) is 87.4 cm³/mol. The summed E-state index contributed by atoms with van der Waals surface area (Å²) in [6, 6.07) is 1.69. The van der Waals surface area contributed by atoms with Crippen LogP contribution in [-0.2, 0) is 4.79 Å². The average molecular weight is 335 g/mol. The Balaban J connectivity index is 1.61. The summed E-state index contributed by atoms with van der Waals surface area (Å²) in [5, 5.41) is 14.2. The summed E-state index contributed by atoms with van der Waals surface area (Å²) >= 11 is 1.38. The van der Waals surface area contributed by atoms with E-state index in [9.17, 15) is 4.79 Å². The molecule has 1 unspecified atom stereocenters. The van der Waals surface area contributed by atoms with Crippen LogP contribution in [0.5, 0.6) is 0 Å². The Kier molecular flexibility index (Phi) is 5.00. The molecular formula is C15H21N5O2S. The second-order valence-electron chi connectivity index (χ2n) is 5.81. The van der Waals surface area contributed by atoms with Crippen molar-refractivity contribution in [2.75, 3.05) is 5.32 Å². The minimum Gasteiger partial charge on any atom is -0.360 e. The molecule has 1 fully saturated rings. The molecule has 1 saturated carbocycles. The van der Waals surface area contributed by atoms with Crippen LogP contribution in [0.1, 0.15) is 56.5 Å². The summed E-state index contributed by atoms with van der Waals surface area (Å²) < 4.78 is 4.96. The summed E-state index contributed by atoms with van der Waals surface area (Å²) in [7, 11) is 0. The van der Waals surface area contributed by atoms with Gasteiger partial charge in [-0.2, -0.15) is 0 Å². The Morgan fingerprint density at radius 2 is 2.30 bits per heavy atom. The molecule has 0 aromatic carbocycles. The number of hydrogen-bond acceptors (Lipinski definition) is 6. The summed E-state index contributed by atoms with van der Waals surface area (Å²) in [5.41, 5.74) is 0. The fraction of sp³-hybridized carbons (Fsp3) is 0.600. The minimum atomic E-state index is -0.265.